The van der Waals surface area contributed by atoms with Crippen molar-refractivity contribution < 1.29 is 15.0 Å². The molecule has 0 saturated carbocycles. The Morgan fingerprint density at radius 3 is 3.00 bits per heavy atom. The van der Waals surface area contributed by atoms with Gasteiger partial charge in [-0.15, -0.1) is 11.8 Å². The minimum Gasteiger partial charge on any atom is -0.478 e. The fourth-order valence-corrected chi connectivity index (χ4v) is 2.82. The van der Waals surface area contributed by atoms with E-state index in [-0.39, 0.29) is 17.4 Å². The number of aryl methyl sites for hydroxylation is 2. The quantitative estimate of drug-likeness (QED) is 0.800. The van der Waals surface area contributed by atoms with Crippen LogP contribution >= 0.6 is 11.8 Å². The minimum absolute atomic E-state index is 0.0164. The van der Waals surface area contributed by atoms with Crippen molar-refractivity contribution in [2.75, 3.05) is 6.61 Å². The normalized spacial score (nSPS) is 15.6. The third-order valence-electron chi connectivity index (χ3n) is 2.82. The number of nitrogens with zero attached hydrogens (tertiary/aromatic N) is 1. The number of aliphatic hydroxyl groups is 1. The molecule has 2 rings (SSSR count). The van der Waals surface area contributed by atoms with E-state index in [4.69, 9.17) is 10.2 Å². The average molecular weight is 253 g/mol. The highest BCUT2D eigenvalue weighted by Crippen LogP contribution is 2.30. The molecular weight excluding hydrogens is 238 g/mol. The van der Waals surface area contributed by atoms with Gasteiger partial charge in [0.25, 0.3) is 0 Å². The van der Waals surface area contributed by atoms with Crippen molar-refractivity contribution in [3.8, 4) is 0 Å². The van der Waals surface area contributed by atoms with Crippen molar-refractivity contribution in [3.63, 3.8) is 0 Å². The monoisotopic (exact) mass is 253 g/mol. The summed E-state index contributed by atoms with van der Waals surface area (Å²) in [6.07, 6.45) is 2.89. The molecule has 1 atom stereocenters. The van der Waals surface area contributed by atoms with Crippen LogP contribution in [0.4, 0.5) is 0 Å². The number of aromatic nitrogens is 1. The number of carboxylic acids is 1. The van der Waals surface area contributed by atoms with Crippen LogP contribution in [0.3, 0.4) is 0 Å². The zero-order valence-electron chi connectivity index (χ0n) is 9.64. The Morgan fingerprint density at radius 2 is 2.35 bits per heavy atom. The molecule has 0 spiro atoms. The first-order chi connectivity index (χ1) is 8.11. The summed E-state index contributed by atoms with van der Waals surface area (Å²) in [7, 11) is 0. The number of hydrogen-bond donors (Lipinski definition) is 2. The number of aromatic carboxylic acids is 1. The Kier molecular flexibility index (Phi) is 3.69. The van der Waals surface area contributed by atoms with Crippen LogP contribution < -0.4 is 0 Å². The second-order valence-electron chi connectivity index (χ2n) is 4.22. The highest BCUT2D eigenvalue weighted by molar-refractivity contribution is 7.99. The molecule has 1 aliphatic carbocycles. The van der Waals surface area contributed by atoms with Gasteiger partial charge in [0.1, 0.15) is 5.03 Å². The summed E-state index contributed by atoms with van der Waals surface area (Å²) in [5.74, 6) is -0.945. The number of carbonyl (C=O) groups is 1. The van der Waals surface area contributed by atoms with Gasteiger partial charge < -0.3 is 10.2 Å². The molecular formula is C12H15NO3S. The van der Waals surface area contributed by atoms with E-state index in [1.54, 1.807) is 6.07 Å². The topological polar surface area (TPSA) is 70.4 Å². The lowest BCUT2D eigenvalue weighted by molar-refractivity contribution is 0.0692. The molecule has 0 bridgehead atoms. The fourth-order valence-electron chi connectivity index (χ4n) is 1.92. The molecule has 1 aliphatic rings. The minimum atomic E-state index is -0.945. The van der Waals surface area contributed by atoms with E-state index in [1.807, 2.05) is 6.92 Å². The molecule has 1 unspecified atom stereocenters. The van der Waals surface area contributed by atoms with Crippen LogP contribution in [0.2, 0.25) is 0 Å². The summed E-state index contributed by atoms with van der Waals surface area (Å²) in [6, 6.07) is 1.74. The average Bonchev–Trinajstić information content (AvgIpc) is 2.74. The molecule has 2 N–H and O–H groups in total. The third kappa shape index (κ3) is 2.61. The van der Waals surface area contributed by atoms with Gasteiger partial charge in [-0.2, -0.15) is 0 Å². The van der Waals surface area contributed by atoms with Gasteiger partial charge in [-0.25, -0.2) is 9.78 Å². The van der Waals surface area contributed by atoms with E-state index in [2.05, 4.69) is 4.98 Å². The van der Waals surface area contributed by atoms with Crippen LogP contribution in [0, 0.1) is 0 Å². The Labute approximate surface area is 104 Å². The van der Waals surface area contributed by atoms with Crippen LogP contribution in [-0.4, -0.2) is 33.0 Å². The van der Waals surface area contributed by atoms with Crippen molar-refractivity contribution in [3.05, 3.63) is 22.9 Å². The van der Waals surface area contributed by atoms with E-state index in [1.165, 1.54) is 11.8 Å². The second kappa shape index (κ2) is 5.06. The van der Waals surface area contributed by atoms with E-state index in [9.17, 15) is 4.79 Å². The molecule has 5 heteroatoms. The van der Waals surface area contributed by atoms with Gasteiger partial charge in [-0.3, -0.25) is 0 Å². The highest BCUT2D eigenvalue weighted by Gasteiger charge is 2.21. The number of rotatable bonds is 4. The van der Waals surface area contributed by atoms with Crippen LogP contribution in [0.1, 0.15) is 35.0 Å². The van der Waals surface area contributed by atoms with Crippen LogP contribution in [0.5, 0.6) is 0 Å². The lowest BCUT2D eigenvalue weighted by Crippen LogP contribution is -2.08. The van der Waals surface area contributed by atoms with Crippen LogP contribution in [0.15, 0.2) is 11.1 Å². The predicted octanol–water partition coefficient (Wildman–Crippen LogP) is 1.74. The van der Waals surface area contributed by atoms with Crippen molar-refractivity contribution in [2.24, 2.45) is 0 Å². The molecule has 0 saturated heterocycles. The lowest BCUT2D eigenvalue weighted by atomic mass is 10.1. The molecule has 1 aromatic heterocycles. The van der Waals surface area contributed by atoms with Gasteiger partial charge in [-0.1, -0.05) is 6.92 Å². The van der Waals surface area contributed by atoms with E-state index < -0.39 is 5.97 Å². The maximum Gasteiger partial charge on any atom is 0.338 e. The van der Waals surface area contributed by atoms with Gasteiger partial charge in [0, 0.05) is 10.9 Å². The van der Waals surface area contributed by atoms with Gasteiger partial charge >= 0.3 is 5.97 Å². The Balaban J connectivity index is 2.38. The predicted molar refractivity (Wildman–Crippen MR) is 65.6 cm³/mol. The van der Waals surface area contributed by atoms with Crippen LogP contribution in [-0.2, 0) is 12.8 Å². The standard InChI is InChI=1S/C12H15NO3S/c1-7(6-14)17-11-9(12(15)16)5-8-3-2-4-10(8)13-11/h5,7,14H,2-4,6H2,1H3,(H,15,16). The van der Waals surface area contributed by atoms with E-state index in [0.29, 0.717) is 5.03 Å². The van der Waals surface area contributed by atoms with E-state index in [0.717, 1.165) is 30.5 Å². The number of pyridine rings is 1. The molecule has 0 fully saturated rings. The number of thioether (sulfide) groups is 1. The Hall–Kier alpha value is -1.07. The Bertz CT molecular complexity index is 448. The third-order valence-corrected chi connectivity index (χ3v) is 3.90. The first kappa shape index (κ1) is 12.4. The smallest absolute Gasteiger partial charge is 0.338 e. The zero-order valence-corrected chi connectivity index (χ0v) is 10.5. The van der Waals surface area contributed by atoms with Gasteiger partial charge in [0.15, 0.2) is 0 Å². The summed E-state index contributed by atoms with van der Waals surface area (Å²) < 4.78 is 0. The lowest BCUT2D eigenvalue weighted by Gasteiger charge is -2.11. The summed E-state index contributed by atoms with van der Waals surface area (Å²) in [5.41, 5.74) is 2.34. The highest BCUT2D eigenvalue weighted by atomic mass is 32.2. The van der Waals surface area contributed by atoms with Gasteiger partial charge in [-0.05, 0) is 30.9 Å². The van der Waals surface area contributed by atoms with E-state index >= 15 is 0 Å². The maximum atomic E-state index is 11.2. The molecule has 4 nitrogen and oxygen atoms in total. The molecule has 1 aromatic rings. The molecule has 0 aliphatic heterocycles. The maximum absolute atomic E-state index is 11.2. The largest absolute Gasteiger partial charge is 0.478 e. The molecule has 92 valence electrons. The summed E-state index contributed by atoms with van der Waals surface area (Å²) >= 11 is 1.32. The number of fused-ring (bicyclic) bond motifs is 1. The SMILES string of the molecule is CC(CO)Sc1nc2c(cc1C(=O)O)CCC2. The van der Waals surface area contributed by atoms with Crippen LogP contribution in [0.25, 0.3) is 0 Å². The molecule has 0 radical (unpaired) electrons. The first-order valence-electron chi connectivity index (χ1n) is 5.65. The molecule has 0 aromatic carbocycles. The van der Waals surface area contributed by atoms with Gasteiger partial charge in [0.2, 0.25) is 0 Å². The first-order valence-corrected chi connectivity index (χ1v) is 6.53. The summed E-state index contributed by atoms with van der Waals surface area (Å²) in [4.78, 5) is 15.6. The van der Waals surface area contributed by atoms with Gasteiger partial charge in [0.05, 0.1) is 12.2 Å². The van der Waals surface area contributed by atoms with Crippen molar-refractivity contribution in [2.45, 2.75) is 36.5 Å². The second-order valence-corrected chi connectivity index (χ2v) is 5.64. The van der Waals surface area contributed by atoms with Crippen molar-refractivity contribution in [1.82, 2.24) is 4.98 Å². The number of aliphatic hydroxyl groups excluding tert-OH is 1. The number of hydrogen-bond acceptors (Lipinski definition) is 4. The summed E-state index contributed by atoms with van der Waals surface area (Å²) in [6.45, 7) is 1.87. The molecule has 17 heavy (non-hydrogen) atoms. The molecule has 1 heterocycles. The van der Waals surface area contributed by atoms with Crippen molar-refractivity contribution >= 4 is 17.7 Å². The fraction of sp³-hybridized carbons (Fsp3) is 0.500. The molecule has 0 amide bonds. The summed E-state index contributed by atoms with van der Waals surface area (Å²) in [5, 5.41) is 18.7. The van der Waals surface area contributed by atoms with Crippen molar-refractivity contribution in [1.29, 1.82) is 0 Å². The Morgan fingerprint density at radius 1 is 1.59 bits per heavy atom. The number of carboxylic acid groups (broad SMARTS) is 1. The zero-order chi connectivity index (χ0) is 12.4.